The van der Waals surface area contributed by atoms with Crippen LogP contribution in [0.3, 0.4) is 0 Å². The van der Waals surface area contributed by atoms with Gasteiger partial charge in [-0.2, -0.15) is 0 Å². The Labute approximate surface area is 133 Å². The van der Waals surface area contributed by atoms with Gasteiger partial charge < -0.3 is 14.4 Å². The van der Waals surface area contributed by atoms with Gasteiger partial charge in [0.15, 0.2) is 0 Å². The second-order valence-corrected chi connectivity index (χ2v) is 7.12. The lowest BCUT2D eigenvalue weighted by Gasteiger charge is -2.37. The summed E-state index contributed by atoms with van der Waals surface area (Å²) in [7, 11) is 0. The summed E-state index contributed by atoms with van der Waals surface area (Å²) in [5, 5.41) is 0. The molecule has 0 unspecified atom stereocenters. The van der Waals surface area contributed by atoms with Crippen molar-refractivity contribution in [2.75, 3.05) is 13.1 Å². The average molecular weight is 311 g/mol. The van der Waals surface area contributed by atoms with Crippen molar-refractivity contribution in [2.45, 2.75) is 59.2 Å². The number of carbonyl (C=O) groups is 2. The molecule has 0 aromatic carbocycles. The first kappa shape index (κ1) is 18.5. The first-order chi connectivity index (χ1) is 10.1. The zero-order valence-electron chi connectivity index (χ0n) is 14.4. The normalized spacial score (nSPS) is 22.4. The molecule has 1 rings (SSSR count). The number of esters is 1. The first-order valence-electron chi connectivity index (χ1n) is 7.92. The minimum atomic E-state index is -0.501. The van der Waals surface area contributed by atoms with E-state index in [1.807, 2.05) is 40.7 Å². The Morgan fingerprint density at radius 2 is 2.00 bits per heavy atom. The maximum atomic E-state index is 12.1. The highest BCUT2D eigenvalue weighted by Crippen LogP contribution is 2.29. The molecule has 1 heterocycles. The molecule has 0 aromatic rings. The van der Waals surface area contributed by atoms with Crippen LogP contribution in [0.25, 0.3) is 0 Å². The number of ether oxygens (including phenoxy) is 2. The fourth-order valence-corrected chi connectivity index (χ4v) is 2.57. The molecule has 0 bridgehead atoms. The van der Waals surface area contributed by atoms with Gasteiger partial charge in [-0.15, -0.1) is 6.58 Å². The molecule has 5 nitrogen and oxygen atoms in total. The highest BCUT2D eigenvalue weighted by Gasteiger charge is 2.33. The lowest BCUT2D eigenvalue weighted by atomic mass is 9.83. The van der Waals surface area contributed by atoms with Gasteiger partial charge in [0.2, 0.25) is 0 Å². The lowest BCUT2D eigenvalue weighted by molar-refractivity contribution is -0.149. The summed E-state index contributed by atoms with van der Waals surface area (Å²) in [4.78, 5) is 25.6. The van der Waals surface area contributed by atoms with Crippen molar-refractivity contribution < 1.29 is 19.1 Å². The van der Waals surface area contributed by atoms with Crippen molar-refractivity contribution in [3.63, 3.8) is 0 Å². The van der Waals surface area contributed by atoms with Gasteiger partial charge in [-0.3, -0.25) is 4.79 Å². The average Bonchev–Trinajstić information content (AvgIpc) is 2.35. The predicted octanol–water partition coefficient (Wildman–Crippen LogP) is 3.39. The predicted molar refractivity (Wildman–Crippen MR) is 85.4 cm³/mol. The number of likely N-dealkylation sites (tertiary alicyclic amines) is 1. The molecule has 22 heavy (non-hydrogen) atoms. The number of amides is 1. The summed E-state index contributed by atoms with van der Waals surface area (Å²) in [6.45, 7) is 14.2. The minimum absolute atomic E-state index is 0.0842. The Kier molecular flexibility index (Phi) is 6.45. The van der Waals surface area contributed by atoms with Crippen LogP contribution in [0.5, 0.6) is 0 Å². The zero-order chi connectivity index (χ0) is 16.9. The smallest absolute Gasteiger partial charge is 0.410 e. The molecular weight excluding hydrogens is 282 g/mol. The second-order valence-electron chi connectivity index (χ2n) is 7.12. The highest BCUT2D eigenvalue weighted by molar-refractivity contribution is 5.70. The maximum absolute atomic E-state index is 12.1. The molecule has 1 fully saturated rings. The molecule has 0 aromatic heterocycles. The first-order valence-corrected chi connectivity index (χ1v) is 7.92. The highest BCUT2D eigenvalue weighted by atomic mass is 16.6. The number of rotatable bonds is 4. The fourth-order valence-electron chi connectivity index (χ4n) is 2.57. The molecule has 126 valence electrons. The SMILES string of the molecule is C=C[C@H]1CN(C(=O)OC(C)(C)C)CC[C@H]1CC(=O)OC(C)C. The van der Waals surface area contributed by atoms with Crippen LogP contribution in [0.4, 0.5) is 4.79 Å². The molecule has 1 saturated heterocycles. The number of piperidine rings is 1. The quantitative estimate of drug-likeness (QED) is 0.590. The lowest BCUT2D eigenvalue weighted by Crippen LogP contribution is -2.45. The molecular formula is C17H29NO4. The maximum Gasteiger partial charge on any atom is 0.410 e. The van der Waals surface area contributed by atoms with E-state index in [-0.39, 0.29) is 30.0 Å². The molecule has 1 aliphatic heterocycles. The van der Waals surface area contributed by atoms with Crippen LogP contribution in [-0.2, 0) is 14.3 Å². The summed E-state index contributed by atoms with van der Waals surface area (Å²) in [6, 6.07) is 0. The third-order valence-electron chi connectivity index (χ3n) is 3.56. The molecule has 0 radical (unpaired) electrons. The Balaban J connectivity index is 2.58. The number of nitrogens with zero attached hydrogens (tertiary/aromatic N) is 1. The molecule has 0 aliphatic carbocycles. The van der Waals surface area contributed by atoms with Crippen LogP contribution in [0, 0.1) is 11.8 Å². The van der Waals surface area contributed by atoms with Crippen LogP contribution in [0.2, 0.25) is 0 Å². The van der Waals surface area contributed by atoms with Gasteiger partial charge in [0.1, 0.15) is 5.60 Å². The molecule has 0 N–H and O–H groups in total. The van der Waals surface area contributed by atoms with E-state index in [2.05, 4.69) is 6.58 Å². The van der Waals surface area contributed by atoms with E-state index in [0.717, 1.165) is 6.42 Å². The van der Waals surface area contributed by atoms with Crippen molar-refractivity contribution in [3.05, 3.63) is 12.7 Å². The van der Waals surface area contributed by atoms with Gasteiger partial charge in [0.25, 0.3) is 0 Å². The standard InChI is InChI=1S/C17H29NO4/c1-7-13-11-18(16(20)22-17(4,5)6)9-8-14(13)10-15(19)21-12(2)3/h7,12-14H,1,8-11H2,2-6H3/t13-,14-/m0/s1. The molecule has 1 amide bonds. The van der Waals surface area contributed by atoms with Gasteiger partial charge in [0, 0.05) is 19.5 Å². The molecule has 0 spiro atoms. The Morgan fingerprint density at radius 3 is 2.50 bits per heavy atom. The van der Waals surface area contributed by atoms with Gasteiger partial charge >= 0.3 is 12.1 Å². The van der Waals surface area contributed by atoms with E-state index in [0.29, 0.717) is 19.5 Å². The van der Waals surface area contributed by atoms with Gasteiger partial charge in [-0.25, -0.2) is 4.79 Å². The minimum Gasteiger partial charge on any atom is -0.463 e. The third kappa shape index (κ3) is 6.08. The van der Waals surface area contributed by atoms with Crippen molar-refractivity contribution in [2.24, 2.45) is 11.8 Å². The Morgan fingerprint density at radius 1 is 1.36 bits per heavy atom. The number of carbonyl (C=O) groups excluding carboxylic acids is 2. The van der Waals surface area contributed by atoms with Crippen molar-refractivity contribution in [3.8, 4) is 0 Å². The van der Waals surface area contributed by atoms with E-state index in [1.165, 1.54) is 0 Å². The summed E-state index contributed by atoms with van der Waals surface area (Å²) in [6.07, 6.45) is 2.54. The summed E-state index contributed by atoms with van der Waals surface area (Å²) in [5.41, 5.74) is -0.501. The Bertz CT molecular complexity index is 411. The van der Waals surface area contributed by atoms with Crippen LogP contribution < -0.4 is 0 Å². The van der Waals surface area contributed by atoms with Crippen LogP contribution in [-0.4, -0.2) is 41.8 Å². The van der Waals surface area contributed by atoms with E-state index in [4.69, 9.17) is 9.47 Å². The largest absolute Gasteiger partial charge is 0.463 e. The van der Waals surface area contributed by atoms with Gasteiger partial charge in [0.05, 0.1) is 6.10 Å². The van der Waals surface area contributed by atoms with Gasteiger partial charge in [-0.05, 0) is 52.9 Å². The Hall–Kier alpha value is -1.52. The summed E-state index contributed by atoms with van der Waals surface area (Å²) in [5.74, 6) is 0.0704. The van der Waals surface area contributed by atoms with Crippen LogP contribution in [0.1, 0.15) is 47.5 Å². The van der Waals surface area contributed by atoms with E-state index in [1.54, 1.807) is 4.90 Å². The summed E-state index contributed by atoms with van der Waals surface area (Å²) < 4.78 is 10.6. The zero-order valence-corrected chi connectivity index (χ0v) is 14.4. The van der Waals surface area contributed by atoms with Gasteiger partial charge in [-0.1, -0.05) is 6.08 Å². The van der Waals surface area contributed by atoms with Crippen LogP contribution in [0.15, 0.2) is 12.7 Å². The monoisotopic (exact) mass is 311 g/mol. The van der Waals surface area contributed by atoms with Crippen LogP contribution >= 0.6 is 0 Å². The van der Waals surface area contributed by atoms with E-state index in [9.17, 15) is 9.59 Å². The van der Waals surface area contributed by atoms with E-state index >= 15 is 0 Å². The topological polar surface area (TPSA) is 55.8 Å². The van der Waals surface area contributed by atoms with Crippen molar-refractivity contribution >= 4 is 12.1 Å². The second kappa shape index (κ2) is 7.65. The molecule has 0 saturated carbocycles. The number of hydrogen-bond donors (Lipinski definition) is 0. The fraction of sp³-hybridized carbons (Fsp3) is 0.765. The van der Waals surface area contributed by atoms with Crippen molar-refractivity contribution in [1.29, 1.82) is 0 Å². The molecule has 5 heteroatoms. The van der Waals surface area contributed by atoms with E-state index < -0.39 is 5.60 Å². The third-order valence-corrected chi connectivity index (χ3v) is 3.56. The molecule has 2 atom stereocenters. The summed E-state index contributed by atoms with van der Waals surface area (Å²) >= 11 is 0. The number of hydrogen-bond acceptors (Lipinski definition) is 4. The van der Waals surface area contributed by atoms with Crippen molar-refractivity contribution in [1.82, 2.24) is 4.90 Å². The molecule has 1 aliphatic rings.